The third-order valence-corrected chi connectivity index (χ3v) is 5.45. The Bertz CT molecular complexity index is 540. The molecule has 1 fully saturated rings. The Morgan fingerprint density at radius 3 is 1.76 bits per heavy atom. The molecule has 1 aliphatic heterocycles. The first-order valence-corrected chi connectivity index (χ1v) is 8.80. The molecule has 110 valence electrons. The van der Waals surface area contributed by atoms with Gasteiger partial charge in [-0.2, -0.15) is 11.8 Å². The minimum atomic E-state index is -0.309. The molecule has 2 aromatic carbocycles. The molecule has 0 aliphatic carbocycles. The highest BCUT2D eigenvalue weighted by molar-refractivity contribution is 7.99. The molecule has 2 aromatic rings. The second-order valence-corrected chi connectivity index (χ2v) is 6.93. The predicted molar refractivity (Wildman–Crippen MR) is 90.7 cm³/mol. The SMILES string of the molecule is CSC1C(C(C)C)OC1(c1ccccc1)c1ccccc1. The Balaban J connectivity index is 2.10. The Kier molecular flexibility index (Phi) is 4.10. The van der Waals surface area contributed by atoms with E-state index in [1.54, 1.807) is 0 Å². The van der Waals surface area contributed by atoms with E-state index in [9.17, 15) is 0 Å². The summed E-state index contributed by atoms with van der Waals surface area (Å²) < 4.78 is 6.54. The summed E-state index contributed by atoms with van der Waals surface area (Å²) in [5, 5.41) is 0.447. The topological polar surface area (TPSA) is 9.23 Å². The van der Waals surface area contributed by atoms with E-state index >= 15 is 0 Å². The summed E-state index contributed by atoms with van der Waals surface area (Å²) in [4.78, 5) is 0. The highest BCUT2D eigenvalue weighted by Crippen LogP contribution is 2.54. The zero-order valence-electron chi connectivity index (χ0n) is 12.8. The van der Waals surface area contributed by atoms with Crippen molar-refractivity contribution in [2.45, 2.75) is 30.8 Å². The fraction of sp³-hybridized carbons (Fsp3) is 0.368. The van der Waals surface area contributed by atoms with E-state index in [0.29, 0.717) is 17.3 Å². The molecule has 1 heterocycles. The van der Waals surface area contributed by atoms with Gasteiger partial charge >= 0.3 is 0 Å². The van der Waals surface area contributed by atoms with E-state index in [1.165, 1.54) is 11.1 Å². The summed E-state index contributed by atoms with van der Waals surface area (Å²) in [5.41, 5.74) is 2.21. The predicted octanol–water partition coefficient (Wildman–Crippen LogP) is 4.72. The molecule has 1 aliphatic rings. The fourth-order valence-electron chi connectivity index (χ4n) is 3.29. The van der Waals surface area contributed by atoms with Crippen LogP contribution in [-0.2, 0) is 10.3 Å². The summed E-state index contributed by atoms with van der Waals surface area (Å²) in [6.07, 6.45) is 2.50. The molecule has 0 aromatic heterocycles. The van der Waals surface area contributed by atoms with E-state index < -0.39 is 0 Å². The molecule has 1 saturated heterocycles. The summed E-state index contributed by atoms with van der Waals surface area (Å²) in [5.74, 6) is 0.531. The van der Waals surface area contributed by atoms with Gasteiger partial charge in [-0.25, -0.2) is 0 Å². The van der Waals surface area contributed by atoms with Crippen LogP contribution < -0.4 is 0 Å². The van der Waals surface area contributed by atoms with Crippen molar-refractivity contribution in [3.63, 3.8) is 0 Å². The molecule has 0 saturated carbocycles. The maximum Gasteiger partial charge on any atom is 0.133 e. The van der Waals surface area contributed by atoms with Crippen LogP contribution in [0.5, 0.6) is 0 Å². The molecule has 0 amide bonds. The van der Waals surface area contributed by atoms with Crippen molar-refractivity contribution in [2.24, 2.45) is 5.92 Å². The maximum absolute atomic E-state index is 6.54. The van der Waals surface area contributed by atoms with Crippen molar-refractivity contribution in [3.05, 3.63) is 71.8 Å². The molecule has 0 bridgehead atoms. The zero-order valence-corrected chi connectivity index (χ0v) is 13.6. The van der Waals surface area contributed by atoms with Gasteiger partial charge in [-0.15, -0.1) is 0 Å². The van der Waals surface area contributed by atoms with Crippen LogP contribution in [0.2, 0.25) is 0 Å². The van der Waals surface area contributed by atoms with E-state index in [-0.39, 0.29) is 5.60 Å². The molecule has 3 rings (SSSR count). The number of thioether (sulfide) groups is 1. The highest BCUT2D eigenvalue weighted by Gasteiger charge is 2.57. The standard InChI is InChI=1S/C19H22OS/c1-14(2)17-18(21-3)19(20-17,15-10-6-4-7-11-15)16-12-8-5-9-13-16/h4-14,17-18H,1-3H3. The highest BCUT2D eigenvalue weighted by atomic mass is 32.2. The third kappa shape index (κ3) is 2.31. The lowest BCUT2D eigenvalue weighted by Crippen LogP contribution is -2.62. The lowest BCUT2D eigenvalue weighted by Gasteiger charge is -2.56. The van der Waals surface area contributed by atoms with E-state index in [0.717, 1.165) is 0 Å². The Morgan fingerprint density at radius 2 is 1.38 bits per heavy atom. The number of benzene rings is 2. The van der Waals surface area contributed by atoms with Gasteiger partial charge in [0.25, 0.3) is 0 Å². The van der Waals surface area contributed by atoms with Crippen LogP contribution in [0.25, 0.3) is 0 Å². The molecule has 0 spiro atoms. The Hall–Kier alpha value is -1.25. The number of ether oxygens (including phenoxy) is 1. The number of rotatable bonds is 4. The molecule has 2 heteroatoms. The van der Waals surface area contributed by atoms with Gasteiger partial charge in [-0.1, -0.05) is 74.5 Å². The minimum absolute atomic E-state index is 0.306. The first kappa shape index (κ1) is 14.7. The fourth-order valence-corrected chi connectivity index (χ4v) is 4.59. The van der Waals surface area contributed by atoms with Gasteiger partial charge in [0, 0.05) is 0 Å². The second-order valence-electron chi connectivity index (χ2n) is 5.95. The van der Waals surface area contributed by atoms with Crippen molar-refractivity contribution in [3.8, 4) is 0 Å². The maximum atomic E-state index is 6.54. The van der Waals surface area contributed by atoms with Gasteiger partial charge in [0.05, 0.1) is 11.4 Å². The minimum Gasteiger partial charge on any atom is -0.359 e. The average molecular weight is 298 g/mol. The quantitative estimate of drug-likeness (QED) is 0.808. The molecule has 0 N–H and O–H groups in total. The number of hydrogen-bond acceptors (Lipinski definition) is 2. The summed E-state index contributed by atoms with van der Waals surface area (Å²) in [7, 11) is 0. The van der Waals surface area contributed by atoms with Crippen LogP contribution in [-0.4, -0.2) is 17.6 Å². The van der Waals surface area contributed by atoms with Gasteiger partial charge in [0.2, 0.25) is 0 Å². The zero-order chi connectivity index (χ0) is 14.9. The van der Waals surface area contributed by atoms with Gasteiger partial charge < -0.3 is 4.74 Å². The normalized spacial score (nSPS) is 23.8. The lowest BCUT2D eigenvalue weighted by molar-refractivity contribution is -0.195. The largest absolute Gasteiger partial charge is 0.359 e. The monoisotopic (exact) mass is 298 g/mol. The van der Waals surface area contributed by atoms with E-state index in [4.69, 9.17) is 4.74 Å². The molecular weight excluding hydrogens is 276 g/mol. The van der Waals surface area contributed by atoms with Gasteiger partial charge in [0.15, 0.2) is 0 Å². The first-order valence-electron chi connectivity index (χ1n) is 7.52. The molecular formula is C19H22OS. The van der Waals surface area contributed by atoms with Gasteiger partial charge in [0.1, 0.15) is 5.60 Å². The Morgan fingerprint density at radius 1 is 0.905 bits per heavy atom. The summed E-state index contributed by atoms with van der Waals surface area (Å²) in [6, 6.07) is 21.3. The third-order valence-electron chi connectivity index (χ3n) is 4.34. The Labute approximate surface area is 131 Å². The van der Waals surface area contributed by atoms with Crippen LogP contribution in [0, 0.1) is 5.92 Å². The van der Waals surface area contributed by atoms with Crippen LogP contribution in [0.3, 0.4) is 0 Å². The van der Waals surface area contributed by atoms with Crippen LogP contribution in [0.1, 0.15) is 25.0 Å². The number of hydrogen-bond donors (Lipinski definition) is 0. The molecule has 21 heavy (non-hydrogen) atoms. The van der Waals surface area contributed by atoms with Crippen molar-refractivity contribution in [2.75, 3.05) is 6.26 Å². The summed E-state index contributed by atoms with van der Waals surface area (Å²) >= 11 is 1.92. The first-order chi connectivity index (χ1) is 10.2. The molecule has 2 unspecified atom stereocenters. The van der Waals surface area contributed by atoms with Crippen molar-refractivity contribution in [1.29, 1.82) is 0 Å². The molecule has 2 atom stereocenters. The van der Waals surface area contributed by atoms with E-state index in [1.807, 2.05) is 11.8 Å². The van der Waals surface area contributed by atoms with Gasteiger partial charge in [-0.3, -0.25) is 0 Å². The van der Waals surface area contributed by atoms with Crippen LogP contribution >= 0.6 is 11.8 Å². The lowest BCUT2D eigenvalue weighted by atomic mass is 9.74. The molecule has 1 nitrogen and oxygen atoms in total. The van der Waals surface area contributed by atoms with Crippen LogP contribution in [0.15, 0.2) is 60.7 Å². The van der Waals surface area contributed by atoms with Crippen molar-refractivity contribution >= 4 is 11.8 Å². The van der Waals surface area contributed by atoms with Crippen molar-refractivity contribution < 1.29 is 4.74 Å². The average Bonchev–Trinajstić information content (AvgIpc) is 2.49. The second kappa shape index (κ2) is 5.86. The molecule has 0 radical (unpaired) electrons. The van der Waals surface area contributed by atoms with Crippen molar-refractivity contribution in [1.82, 2.24) is 0 Å². The van der Waals surface area contributed by atoms with Crippen LogP contribution in [0.4, 0.5) is 0 Å². The van der Waals surface area contributed by atoms with Gasteiger partial charge in [-0.05, 0) is 23.3 Å². The smallest absolute Gasteiger partial charge is 0.133 e. The summed E-state index contributed by atoms with van der Waals surface area (Å²) in [6.45, 7) is 4.49. The van der Waals surface area contributed by atoms with E-state index in [2.05, 4.69) is 80.8 Å².